The molecule has 0 unspecified atom stereocenters. The van der Waals surface area contributed by atoms with Gasteiger partial charge in [0, 0.05) is 45.5 Å². The first-order chi connectivity index (χ1) is 47.4. The van der Waals surface area contributed by atoms with Gasteiger partial charge in [0.2, 0.25) is 0 Å². The maximum atomic E-state index is 2.45. The lowest BCUT2D eigenvalue weighted by Gasteiger charge is -2.31. The quantitative estimate of drug-likeness (QED) is 0.101. The van der Waals surface area contributed by atoms with Crippen LogP contribution in [0.3, 0.4) is 0 Å². The summed E-state index contributed by atoms with van der Waals surface area (Å²) < 4.78 is 0. The number of benzene rings is 12. The molecule has 0 aromatic heterocycles. The number of para-hydroxylation sites is 2. The van der Waals surface area contributed by atoms with Gasteiger partial charge in [0.25, 0.3) is 0 Å². The molecule has 0 atom stereocenters. The van der Waals surface area contributed by atoms with Crippen molar-refractivity contribution < 1.29 is 0 Å². The predicted molar refractivity (Wildman–Crippen MR) is 434 cm³/mol. The second kappa shape index (κ2) is 27.5. The molecule has 0 aliphatic rings. The maximum Gasteiger partial charge on any atom is 0.0520 e. The van der Waals surface area contributed by atoms with Crippen LogP contribution in [0.15, 0.2) is 255 Å². The first-order valence-electron chi connectivity index (χ1n) is 35.8. The van der Waals surface area contributed by atoms with E-state index in [1.165, 1.54) is 112 Å². The average Bonchev–Trinajstić information content (AvgIpc) is 0.786. The minimum absolute atomic E-state index is 0.0107. The van der Waals surface area contributed by atoms with Crippen molar-refractivity contribution in [2.24, 2.45) is 0 Å². The number of aryl methyl sites for hydroxylation is 8. The molecule has 12 aromatic rings. The van der Waals surface area contributed by atoms with Gasteiger partial charge in [-0.3, -0.25) is 0 Å². The molecule has 506 valence electrons. The van der Waals surface area contributed by atoms with Crippen molar-refractivity contribution in [2.45, 2.75) is 160 Å². The third-order valence-electron chi connectivity index (χ3n) is 20.1. The summed E-state index contributed by atoms with van der Waals surface area (Å²) in [6.07, 6.45) is 0. The molecule has 0 radical (unpaired) electrons. The van der Waals surface area contributed by atoms with Crippen LogP contribution in [0.5, 0.6) is 0 Å². The van der Waals surface area contributed by atoms with Crippen molar-refractivity contribution in [3.8, 4) is 33.4 Å². The van der Waals surface area contributed by atoms with Gasteiger partial charge in [-0.2, -0.15) is 0 Å². The zero-order chi connectivity index (χ0) is 71.3. The van der Waals surface area contributed by atoms with E-state index in [-0.39, 0.29) is 21.7 Å². The van der Waals surface area contributed by atoms with Gasteiger partial charge in [0.1, 0.15) is 0 Å². The Labute approximate surface area is 599 Å². The van der Waals surface area contributed by atoms with Gasteiger partial charge in [0.05, 0.1) is 22.7 Å². The van der Waals surface area contributed by atoms with Crippen LogP contribution < -0.4 is 19.6 Å². The normalized spacial score (nSPS) is 12.0. The van der Waals surface area contributed by atoms with E-state index < -0.39 is 0 Å². The maximum absolute atomic E-state index is 2.45. The van der Waals surface area contributed by atoms with Crippen molar-refractivity contribution >= 4 is 68.2 Å². The SMILES string of the molecule is Cc1cc(C(C)(C)C)cc(C)c1N(c1ccccc1)c1ccc(-c2ccc(N(c3ccc(-c4ccc(N(c5ccc(-c6ccc(N(c7ccccc7)c7c(C)cc(C(C)(C)C)cc7C)cc6)cc5)c5c(C)cc(C(C)(C)C)cc5C)cc4)cc3)c3c(C)cc(C(C)(C)C)cc3C)cc2)cc1. The molecule has 12 rings (SSSR count). The fourth-order valence-electron chi connectivity index (χ4n) is 14.6. The average molecular weight is 1310 g/mol. The Hall–Kier alpha value is -10.2. The summed E-state index contributed by atoms with van der Waals surface area (Å²) in [5.41, 5.74) is 36.3. The Morgan fingerprint density at radius 3 is 0.430 bits per heavy atom. The summed E-state index contributed by atoms with van der Waals surface area (Å²) in [6.45, 7) is 45.6. The molecule has 100 heavy (non-hydrogen) atoms. The van der Waals surface area contributed by atoms with E-state index in [1.54, 1.807) is 0 Å². The molecule has 4 nitrogen and oxygen atoms in total. The zero-order valence-electron chi connectivity index (χ0n) is 63.0. The molecule has 0 aliphatic carbocycles. The van der Waals surface area contributed by atoms with Crippen LogP contribution in [0, 0.1) is 55.4 Å². The highest BCUT2D eigenvalue weighted by atomic mass is 15.2. The largest absolute Gasteiger partial charge is 0.310 e. The van der Waals surface area contributed by atoms with E-state index in [4.69, 9.17) is 0 Å². The lowest BCUT2D eigenvalue weighted by Crippen LogP contribution is -2.16. The van der Waals surface area contributed by atoms with Crippen molar-refractivity contribution in [2.75, 3.05) is 19.6 Å². The van der Waals surface area contributed by atoms with Crippen LogP contribution in [-0.2, 0) is 21.7 Å². The van der Waals surface area contributed by atoms with Gasteiger partial charge in [-0.1, -0.05) is 241 Å². The molecule has 0 saturated heterocycles. The summed E-state index contributed by atoms with van der Waals surface area (Å²) in [4.78, 5) is 9.73. The first-order valence-corrected chi connectivity index (χ1v) is 35.8. The fraction of sp³-hybridized carbons (Fsp3) is 0.250. The Bertz CT molecular complexity index is 4470. The highest BCUT2D eigenvalue weighted by Crippen LogP contribution is 2.48. The van der Waals surface area contributed by atoms with E-state index in [0.717, 1.165) is 56.6 Å². The third kappa shape index (κ3) is 14.5. The molecule has 0 saturated carbocycles. The minimum atomic E-state index is 0.0107. The molecule has 4 heteroatoms. The van der Waals surface area contributed by atoms with Gasteiger partial charge >= 0.3 is 0 Å². The second-order valence-electron chi connectivity index (χ2n) is 32.1. The van der Waals surface area contributed by atoms with E-state index in [2.05, 4.69) is 413 Å². The standard InChI is InChI=1S/C96H102N4/c1-63-55-77(93(9,10)11)56-64(2)89(63)97(81-27-23-21-24-28-81)83-43-31-71(32-44-83)73-35-47-85(48-36-73)99(91-67(5)59-79(60-68(91)6)95(15,16)17)87-51-39-75(40-52-87)76-41-53-88(54-42-76)100(92-69(7)61-80(62-70(92)8)96(18,19)20)86-49-37-74(38-50-86)72-33-45-84(46-34-72)98(82-29-25-22-26-30-82)90-65(3)57-78(58-66(90)4)94(12,13)14/h21-62H,1-20H3. The van der Waals surface area contributed by atoms with E-state index in [1.807, 2.05) is 0 Å². The van der Waals surface area contributed by atoms with Crippen molar-refractivity contribution in [3.63, 3.8) is 0 Å². The van der Waals surface area contributed by atoms with E-state index in [9.17, 15) is 0 Å². The summed E-state index contributed by atoms with van der Waals surface area (Å²) in [5.74, 6) is 0. The van der Waals surface area contributed by atoms with Gasteiger partial charge in [-0.05, 0) is 274 Å². The number of hydrogen-bond donors (Lipinski definition) is 0. The highest BCUT2D eigenvalue weighted by Gasteiger charge is 2.27. The van der Waals surface area contributed by atoms with Gasteiger partial charge in [-0.15, -0.1) is 0 Å². The lowest BCUT2D eigenvalue weighted by atomic mass is 9.84. The first kappa shape index (κ1) is 69.7. The van der Waals surface area contributed by atoms with Gasteiger partial charge in [-0.25, -0.2) is 0 Å². The van der Waals surface area contributed by atoms with Crippen LogP contribution in [-0.4, -0.2) is 0 Å². The molecular weight excluding hydrogens is 1210 g/mol. The second-order valence-corrected chi connectivity index (χ2v) is 32.1. The fourth-order valence-corrected chi connectivity index (χ4v) is 14.6. The van der Waals surface area contributed by atoms with Gasteiger partial charge < -0.3 is 19.6 Å². The van der Waals surface area contributed by atoms with Crippen LogP contribution in [0.1, 0.15) is 150 Å². The Morgan fingerprint density at radius 2 is 0.300 bits per heavy atom. The number of nitrogens with zero attached hydrogens (tertiary/aromatic N) is 4. The molecule has 0 N–H and O–H groups in total. The van der Waals surface area contributed by atoms with Crippen LogP contribution >= 0.6 is 0 Å². The summed E-state index contributed by atoms with van der Waals surface area (Å²) in [6, 6.07) is 95.3. The number of anilines is 12. The molecule has 12 aromatic carbocycles. The topological polar surface area (TPSA) is 13.0 Å². The van der Waals surface area contributed by atoms with Crippen molar-refractivity contribution in [1.29, 1.82) is 0 Å². The predicted octanol–water partition coefficient (Wildman–Crippen LogP) is 28.2. The van der Waals surface area contributed by atoms with E-state index >= 15 is 0 Å². The molecular formula is C96H102N4. The monoisotopic (exact) mass is 1310 g/mol. The Balaban J connectivity index is 0.850. The number of hydrogen-bond acceptors (Lipinski definition) is 4. The summed E-state index contributed by atoms with van der Waals surface area (Å²) in [5, 5.41) is 0. The minimum Gasteiger partial charge on any atom is -0.310 e. The number of rotatable bonds is 15. The Morgan fingerprint density at radius 1 is 0.170 bits per heavy atom. The molecule has 0 amide bonds. The smallest absolute Gasteiger partial charge is 0.0520 e. The molecule has 0 aliphatic heterocycles. The molecule has 0 spiro atoms. The molecule has 0 bridgehead atoms. The molecule has 0 heterocycles. The van der Waals surface area contributed by atoms with Crippen LogP contribution in [0.2, 0.25) is 0 Å². The third-order valence-corrected chi connectivity index (χ3v) is 20.1. The Kier molecular flexibility index (Phi) is 19.2. The van der Waals surface area contributed by atoms with Crippen molar-refractivity contribution in [1.82, 2.24) is 0 Å². The lowest BCUT2D eigenvalue weighted by molar-refractivity contribution is 0.589. The van der Waals surface area contributed by atoms with E-state index in [0.29, 0.717) is 0 Å². The van der Waals surface area contributed by atoms with Gasteiger partial charge in [0.15, 0.2) is 0 Å². The zero-order valence-corrected chi connectivity index (χ0v) is 63.0. The van der Waals surface area contributed by atoms with Crippen molar-refractivity contribution in [3.05, 3.63) is 322 Å². The van der Waals surface area contributed by atoms with Crippen LogP contribution in [0.25, 0.3) is 33.4 Å². The summed E-state index contributed by atoms with van der Waals surface area (Å²) in [7, 11) is 0. The highest BCUT2D eigenvalue weighted by molar-refractivity contribution is 5.88. The van der Waals surface area contributed by atoms with Crippen LogP contribution in [0.4, 0.5) is 68.2 Å². The summed E-state index contributed by atoms with van der Waals surface area (Å²) >= 11 is 0. The molecule has 0 fully saturated rings.